The molecular weight excluding hydrogens is 324 g/mol. The molecular formula is C17H26N4S2. The van der Waals surface area contributed by atoms with Crippen LogP contribution in [0.2, 0.25) is 0 Å². The second-order valence-corrected chi connectivity index (χ2v) is 7.31. The van der Waals surface area contributed by atoms with Crippen LogP contribution in [0.15, 0.2) is 27.2 Å². The van der Waals surface area contributed by atoms with Gasteiger partial charge in [0.2, 0.25) is 0 Å². The highest BCUT2D eigenvalue weighted by Gasteiger charge is 2.06. The number of rotatable bonds is 8. The molecule has 0 fully saturated rings. The first-order valence-corrected chi connectivity index (χ1v) is 9.96. The lowest BCUT2D eigenvalue weighted by molar-refractivity contribution is 0.723. The molecule has 23 heavy (non-hydrogen) atoms. The van der Waals surface area contributed by atoms with Crippen molar-refractivity contribution < 1.29 is 0 Å². The van der Waals surface area contributed by atoms with E-state index in [-0.39, 0.29) is 0 Å². The summed E-state index contributed by atoms with van der Waals surface area (Å²) in [7, 11) is 0. The number of hydrogen-bond donors (Lipinski definition) is 2. The van der Waals surface area contributed by atoms with Crippen molar-refractivity contribution in [3.8, 4) is 0 Å². The van der Waals surface area contributed by atoms with E-state index >= 15 is 0 Å². The molecule has 0 radical (unpaired) electrons. The van der Waals surface area contributed by atoms with Crippen LogP contribution >= 0.6 is 22.7 Å². The van der Waals surface area contributed by atoms with E-state index in [9.17, 15) is 0 Å². The molecule has 2 aromatic rings. The Labute approximate surface area is 147 Å². The van der Waals surface area contributed by atoms with Gasteiger partial charge in [0.05, 0.1) is 5.01 Å². The van der Waals surface area contributed by atoms with E-state index in [0.717, 1.165) is 44.1 Å². The van der Waals surface area contributed by atoms with Crippen molar-refractivity contribution in [3.63, 3.8) is 0 Å². The number of nitrogens with one attached hydrogen (secondary N) is 2. The number of nitrogens with zero attached hydrogens (tertiary/aromatic N) is 2. The van der Waals surface area contributed by atoms with Crippen LogP contribution in [-0.2, 0) is 6.42 Å². The molecule has 2 aromatic heterocycles. The molecule has 1 atom stereocenters. The van der Waals surface area contributed by atoms with Crippen LogP contribution in [0.3, 0.4) is 0 Å². The van der Waals surface area contributed by atoms with E-state index in [4.69, 9.17) is 4.99 Å². The summed E-state index contributed by atoms with van der Waals surface area (Å²) in [4.78, 5) is 9.20. The van der Waals surface area contributed by atoms with Crippen molar-refractivity contribution in [1.29, 1.82) is 0 Å². The first kappa shape index (κ1) is 17.9. The predicted molar refractivity (Wildman–Crippen MR) is 102 cm³/mol. The number of guanidine groups is 1. The molecule has 0 aliphatic carbocycles. The standard InChI is InChI=1S/C17H26N4S2/c1-4-18-17(20-10-13(2)15-7-9-22-12-15)19-8-5-6-16-21-14(3)11-23-16/h7,9,11-13H,4-6,8,10H2,1-3H3,(H2,18,19,20). The quantitative estimate of drug-likeness (QED) is 0.432. The summed E-state index contributed by atoms with van der Waals surface area (Å²) in [5.41, 5.74) is 2.49. The Morgan fingerprint density at radius 3 is 2.87 bits per heavy atom. The van der Waals surface area contributed by atoms with Gasteiger partial charge >= 0.3 is 0 Å². The average Bonchev–Trinajstić information content (AvgIpc) is 3.20. The molecule has 2 rings (SSSR count). The maximum atomic E-state index is 4.70. The Morgan fingerprint density at radius 2 is 2.22 bits per heavy atom. The second kappa shape index (κ2) is 9.67. The van der Waals surface area contributed by atoms with Gasteiger partial charge < -0.3 is 10.6 Å². The average molecular weight is 351 g/mol. The van der Waals surface area contributed by atoms with Gasteiger partial charge in [-0.25, -0.2) is 4.98 Å². The molecule has 1 unspecified atom stereocenters. The van der Waals surface area contributed by atoms with Crippen molar-refractivity contribution in [1.82, 2.24) is 15.6 Å². The number of hydrogen-bond acceptors (Lipinski definition) is 4. The largest absolute Gasteiger partial charge is 0.357 e. The molecule has 4 nitrogen and oxygen atoms in total. The molecule has 0 bridgehead atoms. The number of aryl methyl sites for hydroxylation is 2. The first-order chi connectivity index (χ1) is 11.2. The molecule has 6 heteroatoms. The Bertz CT molecular complexity index is 590. The van der Waals surface area contributed by atoms with E-state index in [1.54, 1.807) is 22.7 Å². The van der Waals surface area contributed by atoms with Crippen LogP contribution in [0, 0.1) is 6.92 Å². The predicted octanol–water partition coefficient (Wildman–Crippen LogP) is 3.80. The van der Waals surface area contributed by atoms with E-state index in [1.165, 1.54) is 10.6 Å². The van der Waals surface area contributed by atoms with Crippen LogP contribution in [0.5, 0.6) is 0 Å². The lowest BCUT2D eigenvalue weighted by Crippen LogP contribution is -2.38. The first-order valence-electron chi connectivity index (χ1n) is 8.14. The highest BCUT2D eigenvalue weighted by atomic mass is 32.1. The number of aliphatic imine (C=N–C) groups is 1. The topological polar surface area (TPSA) is 49.3 Å². The van der Waals surface area contributed by atoms with Gasteiger partial charge in [-0.15, -0.1) is 11.3 Å². The van der Waals surface area contributed by atoms with Gasteiger partial charge in [0.15, 0.2) is 5.96 Å². The van der Waals surface area contributed by atoms with Crippen LogP contribution in [0.4, 0.5) is 0 Å². The summed E-state index contributed by atoms with van der Waals surface area (Å²) in [6.45, 7) is 8.96. The Kier molecular flexibility index (Phi) is 7.55. The Hall–Kier alpha value is -1.40. The third-order valence-electron chi connectivity index (χ3n) is 3.51. The SMILES string of the molecule is CCNC(=NCC(C)c1ccsc1)NCCCc1nc(C)cs1. The Morgan fingerprint density at radius 1 is 1.35 bits per heavy atom. The molecule has 0 saturated carbocycles. The minimum absolute atomic E-state index is 0.454. The fourth-order valence-corrected chi connectivity index (χ4v) is 3.80. The molecule has 0 spiro atoms. The summed E-state index contributed by atoms with van der Waals surface area (Å²) < 4.78 is 0. The lowest BCUT2D eigenvalue weighted by atomic mass is 10.1. The fraction of sp³-hybridized carbons (Fsp3) is 0.529. The van der Waals surface area contributed by atoms with Gasteiger partial charge in [-0.05, 0) is 42.7 Å². The second-order valence-electron chi connectivity index (χ2n) is 5.59. The molecule has 2 heterocycles. The number of thiophene rings is 1. The molecule has 0 aromatic carbocycles. The highest BCUT2D eigenvalue weighted by molar-refractivity contribution is 7.09. The molecule has 0 saturated heterocycles. The van der Waals surface area contributed by atoms with Gasteiger partial charge in [0, 0.05) is 43.0 Å². The Balaban J connectivity index is 1.75. The fourth-order valence-electron chi connectivity index (χ4n) is 2.19. The molecule has 0 aliphatic heterocycles. The summed E-state index contributed by atoms with van der Waals surface area (Å²) >= 11 is 3.49. The van der Waals surface area contributed by atoms with E-state index in [0.29, 0.717) is 5.92 Å². The van der Waals surface area contributed by atoms with Crippen molar-refractivity contribution >= 4 is 28.6 Å². The van der Waals surface area contributed by atoms with Crippen molar-refractivity contribution in [2.24, 2.45) is 4.99 Å². The summed E-state index contributed by atoms with van der Waals surface area (Å²) in [5.74, 6) is 1.36. The van der Waals surface area contributed by atoms with Gasteiger partial charge in [0.1, 0.15) is 0 Å². The van der Waals surface area contributed by atoms with Gasteiger partial charge in [-0.3, -0.25) is 4.99 Å². The minimum Gasteiger partial charge on any atom is -0.357 e. The highest BCUT2D eigenvalue weighted by Crippen LogP contribution is 2.18. The maximum absolute atomic E-state index is 4.70. The molecule has 0 amide bonds. The summed E-state index contributed by atoms with van der Waals surface area (Å²) in [6.07, 6.45) is 2.09. The molecule has 126 valence electrons. The zero-order valence-corrected chi connectivity index (χ0v) is 15.8. The number of aromatic nitrogens is 1. The third kappa shape index (κ3) is 6.31. The zero-order valence-electron chi connectivity index (χ0n) is 14.1. The van der Waals surface area contributed by atoms with E-state index in [2.05, 4.69) is 51.7 Å². The monoisotopic (exact) mass is 350 g/mol. The van der Waals surface area contributed by atoms with Gasteiger partial charge in [-0.2, -0.15) is 11.3 Å². The van der Waals surface area contributed by atoms with Gasteiger partial charge in [0.25, 0.3) is 0 Å². The molecule has 2 N–H and O–H groups in total. The normalized spacial score (nSPS) is 13.1. The van der Waals surface area contributed by atoms with E-state index < -0.39 is 0 Å². The van der Waals surface area contributed by atoms with Crippen LogP contribution in [0.25, 0.3) is 0 Å². The van der Waals surface area contributed by atoms with Crippen LogP contribution in [0.1, 0.15) is 42.5 Å². The minimum atomic E-state index is 0.454. The zero-order chi connectivity index (χ0) is 16.5. The summed E-state index contributed by atoms with van der Waals surface area (Å²) in [6, 6.07) is 2.18. The van der Waals surface area contributed by atoms with Crippen LogP contribution in [-0.4, -0.2) is 30.6 Å². The maximum Gasteiger partial charge on any atom is 0.191 e. The van der Waals surface area contributed by atoms with Crippen molar-refractivity contribution in [2.75, 3.05) is 19.6 Å². The lowest BCUT2D eigenvalue weighted by Gasteiger charge is -2.12. The smallest absolute Gasteiger partial charge is 0.191 e. The van der Waals surface area contributed by atoms with Crippen LogP contribution < -0.4 is 10.6 Å². The van der Waals surface area contributed by atoms with Gasteiger partial charge in [-0.1, -0.05) is 6.92 Å². The number of thiazole rings is 1. The third-order valence-corrected chi connectivity index (χ3v) is 5.23. The van der Waals surface area contributed by atoms with Crippen molar-refractivity contribution in [2.45, 2.75) is 39.5 Å². The van der Waals surface area contributed by atoms with E-state index in [1.807, 2.05) is 6.92 Å². The van der Waals surface area contributed by atoms with Crippen molar-refractivity contribution in [3.05, 3.63) is 38.5 Å². The summed E-state index contributed by atoms with van der Waals surface area (Å²) in [5, 5.41) is 14.4. The molecule has 0 aliphatic rings.